The predicted octanol–water partition coefficient (Wildman–Crippen LogP) is 1.51. The van der Waals surface area contributed by atoms with Crippen molar-refractivity contribution in [1.82, 2.24) is 4.90 Å². The number of morpholine rings is 1. The molecule has 116 valence electrons. The second kappa shape index (κ2) is 6.83. The van der Waals surface area contributed by atoms with Gasteiger partial charge in [-0.2, -0.15) is 0 Å². The van der Waals surface area contributed by atoms with Gasteiger partial charge in [-0.15, -0.1) is 0 Å². The van der Waals surface area contributed by atoms with Gasteiger partial charge in [-0.3, -0.25) is 4.79 Å². The van der Waals surface area contributed by atoms with Crippen LogP contribution in [0, 0.1) is 0 Å². The van der Waals surface area contributed by atoms with Gasteiger partial charge in [0.25, 0.3) is 15.0 Å². The summed E-state index contributed by atoms with van der Waals surface area (Å²) < 4.78 is 32.8. The van der Waals surface area contributed by atoms with Gasteiger partial charge in [0, 0.05) is 23.8 Å². The monoisotopic (exact) mass is 353 g/mol. The molecule has 1 aromatic rings. The Morgan fingerprint density at radius 1 is 1.33 bits per heavy atom. The van der Waals surface area contributed by atoms with E-state index in [1.165, 1.54) is 18.2 Å². The molecule has 1 aliphatic heterocycles. The molecule has 21 heavy (non-hydrogen) atoms. The van der Waals surface area contributed by atoms with Gasteiger partial charge in [0.2, 0.25) is 0 Å². The van der Waals surface area contributed by atoms with Crippen LogP contribution in [0.2, 0.25) is 5.02 Å². The molecule has 1 heterocycles. The third kappa shape index (κ3) is 4.47. The summed E-state index contributed by atoms with van der Waals surface area (Å²) in [5.74, 6) is 0.0470. The van der Waals surface area contributed by atoms with Crippen LogP contribution in [0.5, 0.6) is 5.75 Å². The van der Waals surface area contributed by atoms with E-state index in [0.29, 0.717) is 26.3 Å². The Hall–Kier alpha value is -1.02. The molecule has 1 aromatic carbocycles. The summed E-state index contributed by atoms with van der Waals surface area (Å²) in [5.41, 5.74) is 0. The highest BCUT2D eigenvalue weighted by Gasteiger charge is 2.18. The maximum Gasteiger partial charge on any atom is 0.261 e. The molecule has 0 spiro atoms. The zero-order chi connectivity index (χ0) is 15.5. The van der Waals surface area contributed by atoms with Crippen LogP contribution < -0.4 is 4.74 Å². The lowest BCUT2D eigenvalue weighted by Crippen LogP contribution is -2.43. The Kier molecular flexibility index (Phi) is 5.32. The molecule has 1 amide bonds. The Balaban J connectivity index is 1.98. The van der Waals surface area contributed by atoms with E-state index in [0.717, 1.165) is 0 Å². The molecule has 0 unspecified atom stereocenters. The van der Waals surface area contributed by atoms with Crippen molar-refractivity contribution < 1.29 is 22.7 Å². The van der Waals surface area contributed by atoms with Gasteiger partial charge in [-0.25, -0.2) is 8.42 Å². The van der Waals surface area contributed by atoms with Crippen molar-refractivity contribution in [2.24, 2.45) is 0 Å². The summed E-state index contributed by atoms with van der Waals surface area (Å²) in [7, 11) is 1.36. The second-order valence-electron chi connectivity index (χ2n) is 4.31. The molecule has 0 radical (unpaired) electrons. The van der Waals surface area contributed by atoms with Crippen molar-refractivity contribution in [3.05, 3.63) is 23.2 Å². The van der Waals surface area contributed by atoms with E-state index in [9.17, 15) is 13.2 Å². The third-order valence-corrected chi connectivity index (χ3v) is 4.55. The topological polar surface area (TPSA) is 72.9 Å². The highest BCUT2D eigenvalue weighted by atomic mass is 35.7. The van der Waals surface area contributed by atoms with Crippen molar-refractivity contribution >= 4 is 37.2 Å². The van der Waals surface area contributed by atoms with Crippen LogP contribution in [-0.2, 0) is 18.6 Å². The number of hydrogen-bond acceptors (Lipinski definition) is 5. The van der Waals surface area contributed by atoms with Gasteiger partial charge in [-0.1, -0.05) is 11.6 Å². The molecule has 1 aliphatic rings. The molecule has 2 rings (SSSR count). The van der Waals surface area contributed by atoms with Crippen LogP contribution in [0.1, 0.15) is 0 Å². The zero-order valence-electron chi connectivity index (χ0n) is 10.9. The number of carbonyl (C=O) groups excluding carboxylic acids is 1. The van der Waals surface area contributed by atoms with Crippen molar-refractivity contribution in [3.63, 3.8) is 0 Å². The van der Waals surface area contributed by atoms with Crippen molar-refractivity contribution in [2.45, 2.75) is 4.90 Å². The molecule has 0 aliphatic carbocycles. The van der Waals surface area contributed by atoms with Gasteiger partial charge in [0.1, 0.15) is 5.75 Å². The molecule has 0 saturated carbocycles. The zero-order valence-corrected chi connectivity index (χ0v) is 13.2. The molecule has 0 aromatic heterocycles. The van der Waals surface area contributed by atoms with E-state index >= 15 is 0 Å². The molecular weight excluding hydrogens is 341 g/mol. The molecular formula is C12H13Cl2NO5S. The number of benzene rings is 1. The largest absolute Gasteiger partial charge is 0.482 e. The SMILES string of the molecule is O=C(COc1ccc(S(=O)(=O)Cl)cc1Cl)N1CCOCC1. The first-order valence-corrected chi connectivity index (χ1v) is 8.79. The first-order chi connectivity index (χ1) is 9.88. The number of carbonyl (C=O) groups is 1. The second-order valence-corrected chi connectivity index (χ2v) is 7.29. The lowest BCUT2D eigenvalue weighted by molar-refractivity contribution is -0.137. The van der Waals surface area contributed by atoms with E-state index in [2.05, 4.69) is 0 Å². The van der Waals surface area contributed by atoms with Crippen LogP contribution in [0.25, 0.3) is 0 Å². The molecule has 9 heteroatoms. The van der Waals surface area contributed by atoms with Crippen LogP contribution in [0.4, 0.5) is 0 Å². The van der Waals surface area contributed by atoms with Gasteiger partial charge >= 0.3 is 0 Å². The van der Waals surface area contributed by atoms with Crippen molar-refractivity contribution in [3.8, 4) is 5.75 Å². The first kappa shape index (κ1) is 16.4. The van der Waals surface area contributed by atoms with Crippen LogP contribution in [-0.4, -0.2) is 52.1 Å². The smallest absolute Gasteiger partial charge is 0.261 e. The Morgan fingerprint density at radius 2 is 2.00 bits per heavy atom. The summed E-state index contributed by atoms with van der Waals surface area (Å²) >= 11 is 5.91. The van der Waals surface area contributed by atoms with Crippen molar-refractivity contribution in [1.29, 1.82) is 0 Å². The highest BCUT2D eigenvalue weighted by Crippen LogP contribution is 2.28. The van der Waals surface area contributed by atoms with Gasteiger partial charge in [-0.05, 0) is 18.2 Å². The fraction of sp³-hybridized carbons (Fsp3) is 0.417. The van der Waals surface area contributed by atoms with E-state index < -0.39 is 9.05 Å². The van der Waals surface area contributed by atoms with Crippen LogP contribution >= 0.6 is 22.3 Å². The number of hydrogen-bond donors (Lipinski definition) is 0. The average Bonchev–Trinajstić information content (AvgIpc) is 2.45. The maximum absolute atomic E-state index is 11.9. The Labute approximate surface area is 131 Å². The normalized spacial score (nSPS) is 15.8. The lowest BCUT2D eigenvalue weighted by Gasteiger charge is -2.26. The summed E-state index contributed by atoms with van der Waals surface area (Å²) in [5, 5.41) is 0.0755. The number of ether oxygens (including phenoxy) is 2. The molecule has 0 N–H and O–H groups in total. The van der Waals surface area contributed by atoms with Gasteiger partial charge in [0.15, 0.2) is 6.61 Å². The lowest BCUT2D eigenvalue weighted by atomic mass is 10.3. The summed E-state index contributed by atoms with van der Waals surface area (Å²) in [4.78, 5) is 13.4. The number of nitrogens with zero attached hydrogens (tertiary/aromatic N) is 1. The quantitative estimate of drug-likeness (QED) is 0.767. The van der Waals surface area contributed by atoms with Crippen LogP contribution in [0.15, 0.2) is 23.1 Å². The standard InChI is InChI=1S/C12H13Cl2NO5S/c13-10-7-9(21(14,17)18)1-2-11(10)20-8-12(16)15-3-5-19-6-4-15/h1-2,7H,3-6,8H2. The summed E-state index contributed by atoms with van der Waals surface area (Å²) in [6.07, 6.45) is 0. The third-order valence-electron chi connectivity index (χ3n) is 2.90. The fourth-order valence-corrected chi connectivity index (χ4v) is 2.87. The highest BCUT2D eigenvalue weighted by molar-refractivity contribution is 8.13. The number of halogens is 2. The van der Waals surface area contributed by atoms with E-state index in [1.807, 2.05) is 0 Å². The average molecular weight is 354 g/mol. The molecule has 6 nitrogen and oxygen atoms in total. The summed E-state index contributed by atoms with van der Waals surface area (Å²) in [6.45, 7) is 1.90. The van der Waals surface area contributed by atoms with Gasteiger partial charge < -0.3 is 14.4 Å². The fourth-order valence-electron chi connectivity index (χ4n) is 1.79. The Bertz CT molecular complexity index is 629. The minimum absolute atomic E-state index is 0.0755. The minimum atomic E-state index is -3.85. The van der Waals surface area contributed by atoms with E-state index in [1.54, 1.807) is 4.90 Å². The number of rotatable bonds is 4. The molecule has 1 fully saturated rings. The minimum Gasteiger partial charge on any atom is -0.482 e. The predicted molar refractivity (Wildman–Crippen MR) is 77.4 cm³/mol. The Morgan fingerprint density at radius 3 is 2.57 bits per heavy atom. The summed E-state index contributed by atoms with van der Waals surface area (Å²) in [6, 6.07) is 3.81. The van der Waals surface area contributed by atoms with Crippen LogP contribution in [0.3, 0.4) is 0 Å². The van der Waals surface area contributed by atoms with E-state index in [4.69, 9.17) is 31.8 Å². The molecule has 0 atom stereocenters. The number of amides is 1. The van der Waals surface area contributed by atoms with Crippen molar-refractivity contribution in [2.75, 3.05) is 32.9 Å². The molecule has 1 saturated heterocycles. The maximum atomic E-state index is 11.9. The first-order valence-electron chi connectivity index (χ1n) is 6.10. The van der Waals surface area contributed by atoms with E-state index in [-0.39, 0.29) is 28.2 Å². The van der Waals surface area contributed by atoms with Gasteiger partial charge in [0.05, 0.1) is 23.1 Å². The molecule has 0 bridgehead atoms.